The molecule has 0 heterocycles. The van der Waals surface area contributed by atoms with Crippen LogP contribution < -0.4 is 0 Å². The minimum absolute atomic E-state index is 0.476. The van der Waals surface area contributed by atoms with Crippen LogP contribution in [0.1, 0.15) is 68.9 Å². The molecule has 0 N–H and O–H groups in total. The fourth-order valence-electron chi connectivity index (χ4n) is 5.11. The zero-order chi connectivity index (χ0) is 19.2. The number of benzene rings is 1. The Kier molecular flexibility index (Phi) is 7.30. The quantitative estimate of drug-likeness (QED) is 0.523. The van der Waals surface area contributed by atoms with E-state index in [1.165, 1.54) is 63.5 Å². The number of rotatable bonds is 5. The molecular formula is C23H28ClF2N. The number of aryl methyl sites for hydroxylation is 1. The lowest BCUT2D eigenvalue weighted by molar-refractivity contribution is 0.153. The van der Waals surface area contributed by atoms with Gasteiger partial charge in [0.1, 0.15) is 23.3 Å². The van der Waals surface area contributed by atoms with Crippen LogP contribution in [0.4, 0.5) is 8.78 Å². The molecule has 0 amide bonds. The molecule has 2 aliphatic rings. The van der Waals surface area contributed by atoms with Crippen LogP contribution in [0.15, 0.2) is 23.7 Å². The highest BCUT2D eigenvalue weighted by Gasteiger charge is 2.30. The molecule has 0 radical (unpaired) electrons. The monoisotopic (exact) mass is 391 g/mol. The number of hydrogen-bond acceptors (Lipinski definition) is 1. The summed E-state index contributed by atoms with van der Waals surface area (Å²) < 4.78 is 27.5. The molecule has 1 aromatic rings. The van der Waals surface area contributed by atoms with Crippen molar-refractivity contribution in [2.24, 2.45) is 23.7 Å². The predicted octanol–water partition coefficient (Wildman–Crippen LogP) is 7.13. The van der Waals surface area contributed by atoms with Gasteiger partial charge in [0.2, 0.25) is 0 Å². The van der Waals surface area contributed by atoms with Crippen LogP contribution in [0.2, 0.25) is 0 Å². The van der Waals surface area contributed by atoms with E-state index in [4.69, 9.17) is 16.9 Å². The van der Waals surface area contributed by atoms with Gasteiger partial charge in [-0.1, -0.05) is 30.5 Å². The van der Waals surface area contributed by atoms with Crippen LogP contribution in [0.5, 0.6) is 0 Å². The lowest BCUT2D eigenvalue weighted by Crippen LogP contribution is -2.25. The van der Waals surface area contributed by atoms with Crippen molar-refractivity contribution in [3.8, 4) is 6.07 Å². The standard InChI is InChI=1S/C23H28ClF2N/c24-12-11-17-5-9-20(10-6-17)19-7-3-16(4-8-19)1-2-18-13-22(25)21(15-27)23(26)14-18/h11-14,16-17,19-20H,1-10H2/b12-11+. The predicted molar refractivity (Wildman–Crippen MR) is 105 cm³/mol. The maximum Gasteiger partial charge on any atom is 0.144 e. The summed E-state index contributed by atoms with van der Waals surface area (Å²) in [5, 5.41) is 8.76. The third-order valence-electron chi connectivity index (χ3n) is 6.77. The Bertz CT molecular complexity index is 670. The van der Waals surface area contributed by atoms with Crippen molar-refractivity contribution in [2.75, 3.05) is 0 Å². The molecule has 0 unspecified atom stereocenters. The highest BCUT2D eigenvalue weighted by Crippen LogP contribution is 2.42. The summed E-state index contributed by atoms with van der Waals surface area (Å²) in [5.74, 6) is 1.56. The molecule has 2 saturated carbocycles. The molecule has 0 bridgehead atoms. The maximum absolute atomic E-state index is 13.7. The van der Waals surface area contributed by atoms with Crippen molar-refractivity contribution in [1.29, 1.82) is 5.26 Å². The lowest BCUT2D eigenvalue weighted by atomic mass is 9.68. The Morgan fingerprint density at radius 2 is 1.52 bits per heavy atom. The molecule has 4 heteroatoms. The Hall–Kier alpha value is -1.40. The first-order valence-corrected chi connectivity index (χ1v) is 10.7. The van der Waals surface area contributed by atoms with Crippen LogP contribution in [0, 0.1) is 46.6 Å². The molecule has 0 spiro atoms. The van der Waals surface area contributed by atoms with Crippen LogP contribution in [0.25, 0.3) is 0 Å². The molecule has 0 atom stereocenters. The highest BCUT2D eigenvalue weighted by atomic mass is 35.5. The van der Waals surface area contributed by atoms with Gasteiger partial charge in [0.05, 0.1) is 0 Å². The Balaban J connectivity index is 1.43. The molecule has 2 aliphatic carbocycles. The Labute approximate surface area is 166 Å². The van der Waals surface area contributed by atoms with Crippen molar-refractivity contribution < 1.29 is 8.78 Å². The molecule has 0 aliphatic heterocycles. The fourth-order valence-corrected chi connectivity index (χ4v) is 5.31. The van der Waals surface area contributed by atoms with Gasteiger partial charge in [-0.3, -0.25) is 0 Å². The average molecular weight is 392 g/mol. The zero-order valence-corrected chi connectivity index (χ0v) is 16.5. The highest BCUT2D eigenvalue weighted by molar-refractivity contribution is 6.25. The van der Waals surface area contributed by atoms with Gasteiger partial charge in [-0.25, -0.2) is 8.78 Å². The van der Waals surface area contributed by atoms with Crippen LogP contribution >= 0.6 is 11.6 Å². The smallest absolute Gasteiger partial charge is 0.144 e. The van der Waals surface area contributed by atoms with Crippen LogP contribution in [-0.4, -0.2) is 0 Å². The Morgan fingerprint density at radius 3 is 2.04 bits per heavy atom. The van der Waals surface area contributed by atoms with Gasteiger partial charge in [-0.15, -0.1) is 0 Å². The van der Waals surface area contributed by atoms with E-state index in [-0.39, 0.29) is 0 Å². The largest absolute Gasteiger partial charge is 0.205 e. The minimum atomic E-state index is -0.740. The second-order valence-electron chi connectivity index (χ2n) is 8.36. The second kappa shape index (κ2) is 9.69. The van der Waals surface area contributed by atoms with Gasteiger partial charge in [0.15, 0.2) is 0 Å². The van der Waals surface area contributed by atoms with Gasteiger partial charge in [-0.05, 0) is 92.7 Å². The summed E-state index contributed by atoms with van der Waals surface area (Å²) in [6.45, 7) is 0. The molecule has 0 saturated heterocycles. The van der Waals surface area contributed by atoms with E-state index in [1.54, 1.807) is 11.6 Å². The number of halogens is 3. The van der Waals surface area contributed by atoms with E-state index in [1.807, 2.05) is 0 Å². The second-order valence-corrected chi connectivity index (χ2v) is 8.61. The van der Waals surface area contributed by atoms with E-state index < -0.39 is 17.2 Å². The normalized spacial score (nSPS) is 29.0. The first-order valence-electron chi connectivity index (χ1n) is 10.3. The molecular weight excluding hydrogens is 364 g/mol. The zero-order valence-electron chi connectivity index (χ0n) is 15.8. The molecule has 3 rings (SSSR count). The van der Waals surface area contributed by atoms with E-state index in [0.29, 0.717) is 23.8 Å². The number of hydrogen-bond donors (Lipinski definition) is 0. The fraction of sp³-hybridized carbons (Fsp3) is 0.609. The first kappa shape index (κ1) is 20.3. The van der Waals surface area contributed by atoms with E-state index in [0.717, 1.165) is 18.3 Å². The summed E-state index contributed by atoms with van der Waals surface area (Å²) in [7, 11) is 0. The van der Waals surface area contributed by atoms with E-state index in [2.05, 4.69) is 6.08 Å². The first-order chi connectivity index (χ1) is 13.1. The van der Waals surface area contributed by atoms with Gasteiger partial charge in [0, 0.05) is 5.54 Å². The summed E-state index contributed by atoms with van der Waals surface area (Å²) >= 11 is 5.71. The average Bonchev–Trinajstić information content (AvgIpc) is 2.67. The van der Waals surface area contributed by atoms with Gasteiger partial charge >= 0.3 is 0 Å². The molecule has 146 valence electrons. The molecule has 1 aromatic carbocycles. The Morgan fingerprint density at radius 1 is 0.963 bits per heavy atom. The molecule has 1 nitrogen and oxygen atoms in total. The summed E-state index contributed by atoms with van der Waals surface area (Å²) in [6, 6.07) is 4.22. The van der Waals surface area contributed by atoms with Crippen molar-refractivity contribution in [3.05, 3.63) is 46.5 Å². The third kappa shape index (κ3) is 5.32. The molecule has 2 fully saturated rings. The maximum atomic E-state index is 13.7. The SMILES string of the molecule is N#Cc1c(F)cc(CCC2CCC(C3CCC(/C=C/Cl)CC3)CC2)cc1F. The number of nitriles is 1. The minimum Gasteiger partial charge on any atom is -0.205 e. The molecule has 27 heavy (non-hydrogen) atoms. The van der Waals surface area contributed by atoms with E-state index in [9.17, 15) is 8.78 Å². The van der Waals surface area contributed by atoms with Gasteiger partial charge in [-0.2, -0.15) is 5.26 Å². The van der Waals surface area contributed by atoms with Crippen molar-refractivity contribution in [2.45, 2.75) is 64.2 Å². The van der Waals surface area contributed by atoms with Crippen LogP contribution in [-0.2, 0) is 6.42 Å². The van der Waals surface area contributed by atoms with Gasteiger partial charge in [0.25, 0.3) is 0 Å². The summed E-state index contributed by atoms with van der Waals surface area (Å²) in [4.78, 5) is 0. The molecule has 0 aromatic heterocycles. The van der Waals surface area contributed by atoms with Gasteiger partial charge < -0.3 is 0 Å². The topological polar surface area (TPSA) is 23.8 Å². The van der Waals surface area contributed by atoms with Crippen molar-refractivity contribution in [3.63, 3.8) is 0 Å². The number of nitrogens with zero attached hydrogens (tertiary/aromatic N) is 1. The van der Waals surface area contributed by atoms with Crippen LogP contribution in [0.3, 0.4) is 0 Å². The summed E-state index contributed by atoms with van der Waals surface area (Å²) in [5.41, 5.74) is 1.86. The third-order valence-corrected chi connectivity index (χ3v) is 6.92. The van der Waals surface area contributed by atoms with Crippen molar-refractivity contribution >= 4 is 11.6 Å². The van der Waals surface area contributed by atoms with E-state index >= 15 is 0 Å². The number of allylic oxidation sites excluding steroid dienone is 1. The lowest BCUT2D eigenvalue weighted by Gasteiger charge is -2.37. The van der Waals surface area contributed by atoms with Crippen molar-refractivity contribution in [1.82, 2.24) is 0 Å². The summed E-state index contributed by atoms with van der Waals surface area (Å²) in [6.07, 6.45) is 14.0.